The third-order valence-electron chi connectivity index (χ3n) is 2.09. The van der Waals surface area contributed by atoms with Crippen LogP contribution in [0.5, 0.6) is 5.75 Å². The Hall–Kier alpha value is -2.27. The van der Waals surface area contributed by atoms with E-state index in [2.05, 4.69) is 10.5 Å². The fourth-order valence-electron chi connectivity index (χ4n) is 1.27. The van der Waals surface area contributed by atoms with Crippen molar-refractivity contribution in [2.45, 2.75) is 0 Å². The average molecular weight is 279 g/mol. The fraction of sp³-hybridized carbons (Fsp3) is 0.0769. The van der Waals surface area contributed by atoms with Gasteiger partial charge in [0.05, 0.1) is 12.5 Å². The van der Waals surface area contributed by atoms with Crippen LogP contribution in [-0.4, -0.2) is 18.7 Å². The maximum absolute atomic E-state index is 11.4. The third kappa shape index (κ3) is 4.48. The number of benzene rings is 1. The van der Waals surface area contributed by atoms with Crippen LogP contribution in [-0.2, 0) is 4.79 Å². The van der Waals surface area contributed by atoms with Crippen LogP contribution in [0.1, 0.15) is 5.76 Å². The lowest BCUT2D eigenvalue weighted by molar-refractivity contribution is -0.123. The summed E-state index contributed by atoms with van der Waals surface area (Å²) in [6, 6.07) is 10.3. The first-order valence-electron chi connectivity index (χ1n) is 5.48. The van der Waals surface area contributed by atoms with E-state index in [1.165, 1.54) is 12.5 Å². The molecule has 0 radical (unpaired) electrons. The van der Waals surface area contributed by atoms with Gasteiger partial charge in [0.2, 0.25) is 0 Å². The summed E-state index contributed by atoms with van der Waals surface area (Å²) in [5.41, 5.74) is 2.32. The zero-order chi connectivity index (χ0) is 13.5. The van der Waals surface area contributed by atoms with Gasteiger partial charge in [-0.15, -0.1) is 0 Å². The molecule has 2 rings (SSSR count). The van der Waals surface area contributed by atoms with Gasteiger partial charge in [-0.25, -0.2) is 5.43 Å². The number of furan rings is 1. The molecule has 0 aliphatic heterocycles. The number of carbonyl (C=O) groups excluding carboxylic acids is 1. The van der Waals surface area contributed by atoms with E-state index in [9.17, 15) is 4.79 Å². The second kappa shape index (κ2) is 6.61. The predicted molar refractivity (Wildman–Crippen MR) is 71.4 cm³/mol. The Morgan fingerprint density at radius 2 is 2.32 bits per heavy atom. The minimum atomic E-state index is -0.372. The largest absolute Gasteiger partial charge is 0.484 e. The lowest BCUT2D eigenvalue weighted by Gasteiger charge is -2.04. The Kier molecular flexibility index (Phi) is 4.58. The molecule has 2 aromatic rings. The van der Waals surface area contributed by atoms with E-state index >= 15 is 0 Å². The Bertz CT molecular complexity index is 567. The molecule has 1 aromatic heterocycles. The average Bonchev–Trinajstić information content (AvgIpc) is 2.90. The van der Waals surface area contributed by atoms with Crippen molar-refractivity contribution in [3.63, 3.8) is 0 Å². The number of nitrogens with zero attached hydrogens (tertiary/aromatic N) is 1. The van der Waals surface area contributed by atoms with Gasteiger partial charge in [-0.3, -0.25) is 4.79 Å². The van der Waals surface area contributed by atoms with Crippen molar-refractivity contribution in [3.05, 3.63) is 53.4 Å². The molecule has 19 heavy (non-hydrogen) atoms. The van der Waals surface area contributed by atoms with E-state index in [4.69, 9.17) is 20.8 Å². The lowest BCUT2D eigenvalue weighted by Crippen LogP contribution is -2.24. The Labute approximate surface area is 114 Å². The molecule has 0 aliphatic rings. The van der Waals surface area contributed by atoms with Gasteiger partial charge in [-0.2, -0.15) is 5.10 Å². The summed E-state index contributed by atoms with van der Waals surface area (Å²) in [6.07, 6.45) is 2.92. The van der Waals surface area contributed by atoms with Crippen LogP contribution >= 0.6 is 11.6 Å². The number of nitrogens with one attached hydrogen (secondary N) is 1. The van der Waals surface area contributed by atoms with E-state index in [1.807, 2.05) is 0 Å². The van der Waals surface area contributed by atoms with E-state index in [-0.39, 0.29) is 12.5 Å². The zero-order valence-electron chi connectivity index (χ0n) is 9.88. The summed E-state index contributed by atoms with van der Waals surface area (Å²) >= 11 is 5.79. The molecule has 1 N–H and O–H groups in total. The normalized spacial score (nSPS) is 10.6. The maximum atomic E-state index is 11.4. The quantitative estimate of drug-likeness (QED) is 0.675. The highest BCUT2D eigenvalue weighted by atomic mass is 35.5. The van der Waals surface area contributed by atoms with Crippen molar-refractivity contribution in [2.75, 3.05) is 6.61 Å². The van der Waals surface area contributed by atoms with E-state index < -0.39 is 0 Å². The summed E-state index contributed by atoms with van der Waals surface area (Å²) in [5.74, 6) is 0.705. The van der Waals surface area contributed by atoms with Gasteiger partial charge in [-0.1, -0.05) is 17.7 Å². The molecule has 98 valence electrons. The van der Waals surface area contributed by atoms with Gasteiger partial charge >= 0.3 is 0 Å². The summed E-state index contributed by atoms with van der Waals surface area (Å²) in [7, 11) is 0. The van der Waals surface area contributed by atoms with E-state index in [1.54, 1.807) is 36.4 Å². The Balaban J connectivity index is 1.76. The van der Waals surface area contributed by atoms with Gasteiger partial charge in [0.25, 0.3) is 5.91 Å². The molecule has 1 aromatic carbocycles. The van der Waals surface area contributed by atoms with Crippen LogP contribution in [0.2, 0.25) is 5.02 Å². The first-order chi connectivity index (χ1) is 9.24. The van der Waals surface area contributed by atoms with Gasteiger partial charge in [-0.05, 0) is 30.3 Å². The number of ether oxygens (including phenoxy) is 1. The topological polar surface area (TPSA) is 63.8 Å². The first kappa shape index (κ1) is 13.2. The van der Waals surface area contributed by atoms with Crippen LogP contribution in [0.25, 0.3) is 0 Å². The molecule has 0 fully saturated rings. The van der Waals surface area contributed by atoms with Crippen molar-refractivity contribution in [2.24, 2.45) is 5.10 Å². The third-order valence-corrected chi connectivity index (χ3v) is 2.33. The van der Waals surface area contributed by atoms with Crippen LogP contribution < -0.4 is 10.2 Å². The minimum absolute atomic E-state index is 0.143. The zero-order valence-corrected chi connectivity index (χ0v) is 10.6. The molecule has 0 aliphatic carbocycles. The van der Waals surface area contributed by atoms with Gasteiger partial charge in [0, 0.05) is 5.02 Å². The first-order valence-corrected chi connectivity index (χ1v) is 5.85. The van der Waals surface area contributed by atoms with Crippen molar-refractivity contribution < 1.29 is 13.9 Å². The highest BCUT2D eigenvalue weighted by molar-refractivity contribution is 6.30. The van der Waals surface area contributed by atoms with Crippen LogP contribution in [0.15, 0.2) is 52.2 Å². The van der Waals surface area contributed by atoms with Crippen molar-refractivity contribution in [1.82, 2.24) is 5.43 Å². The Morgan fingerprint density at radius 1 is 1.42 bits per heavy atom. The number of amides is 1. The standard InChI is InChI=1S/C13H11ClN2O3/c14-10-3-1-4-11(7-10)19-9-13(17)16-15-8-12-5-2-6-18-12/h1-8H,9H2,(H,16,17)/b15-8-. The van der Waals surface area contributed by atoms with E-state index in [0.717, 1.165) is 0 Å². The molecule has 0 bridgehead atoms. The van der Waals surface area contributed by atoms with Crippen molar-refractivity contribution in [1.29, 1.82) is 0 Å². The van der Waals surface area contributed by atoms with Crippen LogP contribution in [0.4, 0.5) is 0 Å². The fourth-order valence-corrected chi connectivity index (χ4v) is 1.45. The van der Waals surface area contributed by atoms with Gasteiger partial charge < -0.3 is 9.15 Å². The highest BCUT2D eigenvalue weighted by Crippen LogP contribution is 2.16. The summed E-state index contributed by atoms with van der Waals surface area (Å²) in [4.78, 5) is 11.4. The minimum Gasteiger partial charge on any atom is -0.484 e. The van der Waals surface area contributed by atoms with Gasteiger partial charge in [0.1, 0.15) is 11.5 Å². The SMILES string of the molecule is O=C(COc1cccc(Cl)c1)N/N=C\c1ccco1. The molecule has 1 amide bonds. The number of carbonyl (C=O) groups is 1. The van der Waals surface area contributed by atoms with Crippen LogP contribution in [0.3, 0.4) is 0 Å². The molecule has 0 saturated carbocycles. The monoisotopic (exact) mass is 278 g/mol. The molecule has 0 atom stereocenters. The molecule has 6 heteroatoms. The van der Waals surface area contributed by atoms with Crippen molar-refractivity contribution in [3.8, 4) is 5.75 Å². The summed E-state index contributed by atoms with van der Waals surface area (Å²) in [6.45, 7) is -0.143. The molecule has 0 spiro atoms. The number of hydrogen-bond donors (Lipinski definition) is 1. The lowest BCUT2D eigenvalue weighted by atomic mass is 10.3. The smallest absolute Gasteiger partial charge is 0.277 e. The summed E-state index contributed by atoms with van der Waals surface area (Å²) in [5, 5.41) is 4.27. The van der Waals surface area contributed by atoms with Crippen molar-refractivity contribution >= 4 is 23.7 Å². The molecule has 0 saturated heterocycles. The maximum Gasteiger partial charge on any atom is 0.277 e. The second-order valence-corrected chi connectivity index (χ2v) is 3.99. The molecular formula is C13H11ClN2O3. The summed E-state index contributed by atoms with van der Waals surface area (Å²) < 4.78 is 10.3. The molecule has 1 heterocycles. The molecule has 0 unspecified atom stereocenters. The number of hydrogen-bond acceptors (Lipinski definition) is 4. The number of hydrazone groups is 1. The highest BCUT2D eigenvalue weighted by Gasteiger charge is 2.01. The van der Waals surface area contributed by atoms with Gasteiger partial charge in [0.15, 0.2) is 6.61 Å². The molecular weight excluding hydrogens is 268 g/mol. The Morgan fingerprint density at radius 3 is 3.05 bits per heavy atom. The molecule has 5 nitrogen and oxygen atoms in total. The van der Waals surface area contributed by atoms with Crippen LogP contribution in [0, 0.1) is 0 Å². The predicted octanol–water partition coefficient (Wildman–Crippen LogP) is 2.46. The number of rotatable bonds is 5. The number of halogens is 1. The second-order valence-electron chi connectivity index (χ2n) is 3.55. The van der Waals surface area contributed by atoms with E-state index in [0.29, 0.717) is 16.5 Å².